The SMILES string of the molecule is CC(CNC(=O)OC(C)(C)C)NC1CCC(C)(C)C1. The lowest BCUT2D eigenvalue weighted by Gasteiger charge is -2.23. The first kappa shape index (κ1) is 16.3. The molecule has 1 saturated carbocycles. The van der Waals surface area contributed by atoms with Crippen molar-refractivity contribution in [2.45, 2.75) is 78.5 Å². The minimum absolute atomic E-state index is 0.270. The van der Waals surface area contributed by atoms with E-state index in [2.05, 4.69) is 31.4 Å². The smallest absolute Gasteiger partial charge is 0.407 e. The number of carbonyl (C=O) groups is 1. The quantitative estimate of drug-likeness (QED) is 0.825. The molecule has 1 amide bonds. The van der Waals surface area contributed by atoms with Gasteiger partial charge < -0.3 is 15.4 Å². The summed E-state index contributed by atoms with van der Waals surface area (Å²) in [5.41, 5.74) is 0.0200. The third-order valence-corrected chi connectivity index (χ3v) is 3.44. The van der Waals surface area contributed by atoms with Gasteiger partial charge in [0.1, 0.15) is 5.60 Å². The van der Waals surface area contributed by atoms with E-state index in [1.165, 1.54) is 19.3 Å². The molecule has 1 fully saturated rings. The predicted octanol–water partition coefficient (Wildman–Crippen LogP) is 3.07. The number of ether oxygens (including phenoxy) is 1. The van der Waals surface area contributed by atoms with Crippen molar-refractivity contribution in [3.05, 3.63) is 0 Å². The summed E-state index contributed by atoms with van der Waals surface area (Å²) >= 11 is 0. The van der Waals surface area contributed by atoms with Gasteiger partial charge in [0.05, 0.1) is 0 Å². The van der Waals surface area contributed by atoms with Gasteiger partial charge in [0.2, 0.25) is 0 Å². The van der Waals surface area contributed by atoms with Crippen LogP contribution in [0, 0.1) is 5.41 Å². The molecular weight excluding hydrogens is 240 g/mol. The lowest BCUT2D eigenvalue weighted by molar-refractivity contribution is 0.0522. The van der Waals surface area contributed by atoms with Crippen molar-refractivity contribution in [3.8, 4) is 0 Å². The van der Waals surface area contributed by atoms with Gasteiger partial charge in [-0.1, -0.05) is 13.8 Å². The Hall–Kier alpha value is -0.770. The van der Waals surface area contributed by atoms with E-state index < -0.39 is 5.60 Å². The van der Waals surface area contributed by atoms with E-state index in [-0.39, 0.29) is 12.1 Å². The highest BCUT2D eigenvalue weighted by Crippen LogP contribution is 2.36. The third kappa shape index (κ3) is 6.81. The van der Waals surface area contributed by atoms with Gasteiger partial charge in [-0.3, -0.25) is 0 Å². The van der Waals surface area contributed by atoms with E-state index in [1.54, 1.807) is 0 Å². The highest BCUT2D eigenvalue weighted by Gasteiger charge is 2.31. The zero-order valence-electron chi connectivity index (χ0n) is 13.3. The average molecular weight is 270 g/mol. The molecule has 0 aromatic heterocycles. The number of carbonyl (C=O) groups excluding carboxylic acids is 1. The topological polar surface area (TPSA) is 50.4 Å². The molecule has 1 rings (SSSR count). The summed E-state index contributed by atoms with van der Waals surface area (Å²) in [7, 11) is 0. The maximum atomic E-state index is 11.5. The van der Waals surface area contributed by atoms with E-state index in [0.717, 1.165) is 0 Å². The van der Waals surface area contributed by atoms with Gasteiger partial charge in [-0.2, -0.15) is 0 Å². The van der Waals surface area contributed by atoms with Gasteiger partial charge in [0, 0.05) is 18.6 Å². The molecule has 0 spiro atoms. The van der Waals surface area contributed by atoms with Crippen LogP contribution in [0.4, 0.5) is 4.79 Å². The molecule has 2 N–H and O–H groups in total. The van der Waals surface area contributed by atoms with Crippen LogP contribution < -0.4 is 10.6 Å². The van der Waals surface area contributed by atoms with E-state index >= 15 is 0 Å². The van der Waals surface area contributed by atoms with Crippen molar-refractivity contribution in [1.82, 2.24) is 10.6 Å². The van der Waals surface area contributed by atoms with Gasteiger partial charge in [0.25, 0.3) is 0 Å². The van der Waals surface area contributed by atoms with Crippen LogP contribution in [0.1, 0.15) is 60.8 Å². The Kier molecular flexibility index (Phi) is 5.25. The monoisotopic (exact) mass is 270 g/mol. The zero-order valence-corrected chi connectivity index (χ0v) is 13.3. The van der Waals surface area contributed by atoms with Crippen molar-refractivity contribution in [3.63, 3.8) is 0 Å². The summed E-state index contributed by atoms with van der Waals surface area (Å²) in [6, 6.07) is 0.844. The Balaban J connectivity index is 2.22. The lowest BCUT2D eigenvalue weighted by Crippen LogP contribution is -2.44. The lowest BCUT2D eigenvalue weighted by atomic mass is 9.92. The average Bonchev–Trinajstić information content (AvgIpc) is 2.52. The van der Waals surface area contributed by atoms with E-state index in [4.69, 9.17) is 4.74 Å². The third-order valence-electron chi connectivity index (χ3n) is 3.44. The number of rotatable bonds is 4. The summed E-state index contributed by atoms with van der Waals surface area (Å²) < 4.78 is 5.21. The summed E-state index contributed by atoms with van der Waals surface area (Å²) in [4.78, 5) is 11.5. The normalized spacial score (nSPS) is 24.0. The number of amides is 1. The molecular formula is C15H30N2O2. The van der Waals surface area contributed by atoms with Crippen molar-refractivity contribution >= 4 is 6.09 Å². The van der Waals surface area contributed by atoms with Crippen molar-refractivity contribution in [1.29, 1.82) is 0 Å². The number of hydrogen-bond donors (Lipinski definition) is 2. The first-order valence-corrected chi connectivity index (χ1v) is 7.30. The number of nitrogens with one attached hydrogen (secondary N) is 2. The molecule has 2 unspecified atom stereocenters. The van der Waals surface area contributed by atoms with Crippen molar-refractivity contribution < 1.29 is 9.53 Å². The molecule has 112 valence electrons. The molecule has 4 nitrogen and oxygen atoms in total. The maximum Gasteiger partial charge on any atom is 0.407 e. The Labute approximate surface area is 117 Å². The van der Waals surface area contributed by atoms with Crippen LogP contribution in [-0.2, 0) is 4.74 Å². The second-order valence-corrected chi connectivity index (χ2v) is 7.55. The largest absolute Gasteiger partial charge is 0.444 e. The molecule has 4 heteroatoms. The van der Waals surface area contributed by atoms with E-state index in [0.29, 0.717) is 18.0 Å². The molecule has 0 saturated heterocycles. The van der Waals surface area contributed by atoms with Crippen molar-refractivity contribution in [2.24, 2.45) is 5.41 Å². The van der Waals surface area contributed by atoms with Crippen LogP contribution in [0.3, 0.4) is 0 Å². The zero-order chi connectivity index (χ0) is 14.7. The molecule has 0 heterocycles. The molecule has 0 aromatic carbocycles. The second-order valence-electron chi connectivity index (χ2n) is 7.55. The second kappa shape index (κ2) is 6.12. The Bertz CT molecular complexity index is 308. The molecule has 1 aliphatic carbocycles. The molecule has 0 aliphatic heterocycles. The number of alkyl carbamates (subject to hydrolysis) is 1. The van der Waals surface area contributed by atoms with Crippen LogP contribution >= 0.6 is 0 Å². The minimum atomic E-state index is -0.434. The molecule has 2 atom stereocenters. The first-order valence-electron chi connectivity index (χ1n) is 7.30. The van der Waals surface area contributed by atoms with Crippen LogP contribution in [0.25, 0.3) is 0 Å². The van der Waals surface area contributed by atoms with Gasteiger partial charge in [-0.15, -0.1) is 0 Å². The van der Waals surface area contributed by atoms with Crippen molar-refractivity contribution in [2.75, 3.05) is 6.54 Å². The molecule has 0 aromatic rings. The maximum absolute atomic E-state index is 11.5. The standard InChI is InChI=1S/C15H30N2O2/c1-11(10-16-13(18)19-14(2,3)4)17-12-7-8-15(5,6)9-12/h11-12,17H,7-10H2,1-6H3,(H,16,18). The summed E-state index contributed by atoms with van der Waals surface area (Å²) in [5.74, 6) is 0. The van der Waals surface area contributed by atoms with Crippen LogP contribution in [0.2, 0.25) is 0 Å². The van der Waals surface area contributed by atoms with Crippen LogP contribution in [-0.4, -0.2) is 30.3 Å². The molecule has 0 radical (unpaired) electrons. The Morgan fingerprint density at radius 1 is 1.42 bits per heavy atom. The summed E-state index contributed by atoms with van der Waals surface area (Å²) in [5, 5.41) is 6.39. The highest BCUT2D eigenvalue weighted by atomic mass is 16.6. The van der Waals surface area contributed by atoms with Gasteiger partial charge in [0.15, 0.2) is 0 Å². The fourth-order valence-corrected chi connectivity index (χ4v) is 2.59. The Morgan fingerprint density at radius 3 is 2.53 bits per heavy atom. The van der Waals surface area contributed by atoms with Crippen LogP contribution in [0.15, 0.2) is 0 Å². The predicted molar refractivity (Wildman–Crippen MR) is 78.3 cm³/mol. The van der Waals surface area contributed by atoms with Gasteiger partial charge in [-0.25, -0.2) is 4.79 Å². The fourth-order valence-electron chi connectivity index (χ4n) is 2.59. The van der Waals surface area contributed by atoms with E-state index in [9.17, 15) is 4.79 Å². The molecule has 1 aliphatic rings. The van der Waals surface area contributed by atoms with E-state index in [1.807, 2.05) is 20.8 Å². The number of hydrogen-bond acceptors (Lipinski definition) is 3. The highest BCUT2D eigenvalue weighted by molar-refractivity contribution is 5.67. The fraction of sp³-hybridized carbons (Fsp3) is 0.933. The van der Waals surface area contributed by atoms with Crippen LogP contribution in [0.5, 0.6) is 0 Å². The molecule has 0 bridgehead atoms. The summed E-state index contributed by atoms with van der Waals surface area (Å²) in [6.07, 6.45) is 3.37. The summed E-state index contributed by atoms with van der Waals surface area (Å²) in [6.45, 7) is 12.9. The Morgan fingerprint density at radius 2 is 2.05 bits per heavy atom. The van der Waals surface area contributed by atoms with Gasteiger partial charge >= 0.3 is 6.09 Å². The molecule has 19 heavy (non-hydrogen) atoms. The minimum Gasteiger partial charge on any atom is -0.444 e. The first-order chi connectivity index (χ1) is 8.57. The van der Waals surface area contributed by atoms with Gasteiger partial charge in [-0.05, 0) is 52.4 Å².